The van der Waals surface area contributed by atoms with Gasteiger partial charge < -0.3 is 10.0 Å². The van der Waals surface area contributed by atoms with Gasteiger partial charge in [0, 0.05) is 28.8 Å². The highest BCUT2D eigenvalue weighted by Gasteiger charge is 2.10. The van der Waals surface area contributed by atoms with Gasteiger partial charge in [-0.1, -0.05) is 51.8 Å². The molecular formula is C16H17BrClNO. The molecule has 0 fully saturated rings. The van der Waals surface area contributed by atoms with Crippen LogP contribution in [0, 0.1) is 0 Å². The molecule has 0 spiro atoms. The van der Waals surface area contributed by atoms with Crippen LogP contribution in [-0.2, 0) is 6.54 Å². The minimum Gasteiger partial charge on any atom is -0.389 e. The topological polar surface area (TPSA) is 23.5 Å². The molecule has 0 saturated heterocycles. The standard InChI is InChI=1S/C16H17BrClNO/c1-11(20)14-8-7-13(9-15(14)17)19(2)10-12-5-3-4-6-16(12)18/h3-9,11,20H,10H2,1-2H3/t11-/m0/s1. The summed E-state index contributed by atoms with van der Waals surface area (Å²) in [5.41, 5.74) is 3.05. The first-order valence-electron chi connectivity index (χ1n) is 6.41. The zero-order chi connectivity index (χ0) is 14.7. The van der Waals surface area contributed by atoms with Crippen molar-refractivity contribution in [3.63, 3.8) is 0 Å². The zero-order valence-electron chi connectivity index (χ0n) is 11.5. The fraction of sp³-hybridized carbons (Fsp3) is 0.250. The van der Waals surface area contributed by atoms with Gasteiger partial charge >= 0.3 is 0 Å². The summed E-state index contributed by atoms with van der Waals surface area (Å²) in [7, 11) is 2.02. The SMILES string of the molecule is C[C@H](O)c1ccc(N(C)Cc2ccccc2Cl)cc1Br. The van der Waals surface area contributed by atoms with E-state index in [1.165, 1.54) is 0 Å². The van der Waals surface area contributed by atoms with E-state index >= 15 is 0 Å². The summed E-state index contributed by atoms with van der Waals surface area (Å²) >= 11 is 9.69. The van der Waals surface area contributed by atoms with Crippen molar-refractivity contribution in [2.45, 2.75) is 19.6 Å². The highest BCUT2D eigenvalue weighted by Crippen LogP contribution is 2.29. The number of benzene rings is 2. The Morgan fingerprint density at radius 1 is 1.25 bits per heavy atom. The molecule has 0 aliphatic heterocycles. The highest BCUT2D eigenvalue weighted by atomic mass is 79.9. The molecule has 0 amide bonds. The van der Waals surface area contributed by atoms with Gasteiger partial charge in [0.05, 0.1) is 6.10 Å². The van der Waals surface area contributed by atoms with Crippen LogP contribution in [0.5, 0.6) is 0 Å². The summed E-state index contributed by atoms with van der Waals surface area (Å²) in [5, 5.41) is 10.4. The van der Waals surface area contributed by atoms with Crippen molar-refractivity contribution in [3.05, 3.63) is 63.1 Å². The lowest BCUT2D eigenvalue weighted by Gasteiger charge is -2.21. The van der Waals surface area contributed by atoms with Crippen molar-refractivity contribution in [1.29, 1.82) is 0 Å². The van der Waals surface area contributed by atoms with Gasteiger partial charge in [0.25, 0.3) is 0 Å². The highest BCUT2D eigenvalue weighted by molar-refractivity contribution is 9.10. The van der Waals surface area contributed by atoms with Gasteiger partial charge in [-0.3, -0.25) is 0 Å². The molecule has 0 aliphatic rings. The van der Waals surface area contributed by atoms with Crippen LogP contribution in [-0.4, -0.2) is 12.2 Å². The van der Waals surface area contributed by atoms with Crippen molar-refractivity contribution < 1.29 is 5.11 Å². The minimum atomic E-state index is -0.479. The van der Waals surface area contributed by atoms with Crippen LogP contribution in [0.4, 0.5) is 5.69 Å². The third-order valence-electron chi connectivity index (χ3n) is 3.24. The van der Waals surface area contributed by atoms with E-state index in [2.05, 4.69) is 20.8 Å². The maximum absolute atomic E-state index is 9.64. The van der Waals surface area contributed by atoms with Crippen LogP contribution >= 0.6 is 27.5 Å². The van der Waals surface area contributed by atoms with Gasteiger partial charge in [-0.05, 0) is 36.2 Å². The molecule has 20 heavy (non-hydrogen) atoms. The van der Waals surface area contributed by atoms with Crippen LogP contribution in [0.15, 0.2) is 46.9 Å². The van der Waals surface area contributed by atoms with Crippen LogP contribution in [0.1, 0.15) is 24.2 Å². The third kappa shape index (κ3) is 3.54. The fourth-order valence-corrected chi connectivity index (χ4v) is 2.96. The van der Waals surface area contributed by atoms with E-state index in [0.29, 0.717) is 0 Å². The second-order valence-electron chi connectivity index (χ2n) is 4.83. The first kappa shape index (κ1) is 15.4. The molecule has 0 aromatic heterocycles. The fourth-order valence-electron chi connectivity index (χ4n) is 2.07. The predicted octanol–water partition coefficient (Wildman–Crippen LogP) is 4.79. The van der Waals surface area contributed by atoms with Crippen molar-refractivity contribution >= 4 is 33.2 Å². The Labute approximate surface area is 133 Å². The molecular weight excluding hydrogens is 338 g/mol. The molecule has 106 valence electrons. The first-order valence-corrected chi connectivity index (χ1v) is 7.58. The summed E-state index contributed by atoms with van der Waals surface area (Å²) in [4.78, 5) is 2.12. The predicted molar refractivity (Wildman–Crippen MR) is 88.3 cm³/mol. The first-order chi connectivity index (χ1) is 9.49. The number of anilines is 1. The summed E-state index contributed by atoms with van der Waals surface area (Å²) in [6.45, 7) is 2.49. The normalized spacial score (nSPS) is 12.2. The molecule has 2 nitrogen and oxygen atoms in total. The molecule has 2 rings (SSSR count). The van der Waals surface area contributed by atoms with E-state index < -0.39 is 6.10 Å². The van der Waals surface area contributed by atoms with Gasteiger partial charge in [-0.25, -0.2) is 0 Å². The maximum Gasteiger partial charge on any atom is 0.0772 e. The average molecular weight is 355 g/mol. The Bertz CT molecular complexity index is 601. The Hall–Kier alpha value is -1.03. The summed E-state index contributed by atoms with van der Waals surface area (Å²) < 4.78 is 0.913. The van der Waals surface area contributed by atoms with E-state index in [0.717, 1.165) is 32.9 Å². The Balaban J connectivity index is 2.20. The number of nitrogens with zero attached hydrogens (tertiary/aromatic N) is 1. The quantitative estimate of drug-likeness (QED) is 0.853. The lowest BCUT2D eigenvalue weighted by Crippen LogP contribution is -2.16. The van der Waals surface area contributed by atoms with Gasteiger partial charge in [0.2, 0.25) is 0 Å². The Kier molecular flexibility index (Phi) is 5.08. The van der Waals surface area contributed by atoms with E-state index in [-0.39, 0.29) is 0 Å². The zero-order valence-corrected chi connectivity index (χ0v) is 13.8. The van der Waals surface area contributed by atoms with Gasteiger partial charge in [-0.2, -0.15) is 0 Å². The van der Waals surface area contributed by atoms with E-state index in [1.807, 2.05) is 49.5 Å². The molecule has 2 aromatic rings. The third-order valence-corrected chi connectivity index (χ3v) is 4.30. The van der Waals surface area contributed by atoms with Crippen molar-refractivity contribution in [1.82, 2.24) is 0 Å². The Morgan fingerprint density at radius 3 is 2.55 bits per heavy atom. The molecule has 1 atom stereocenters. The monoisotopic (exact) mass is 353 g/mol. The lowest BCUT2D eigenvalue weighted by atomic mass is 10.1. The van der Waals surface area contributed by atoms with Crippen LogP contribution in [0.2, 0.25) is 5.02 Å². The molecule has 0 bridgehead atoms. The maximum atomic E-state index is 9.64. The van der Waals surface area contributed by atoms with E-state index in [4.69, 9.17) is 11.6 Å². The second-order valence-corrected chi connectivity index (χ2v) is 6.09. The van der Waals surface area contributed by atoms with Gasteiger partial charge in [-0.15, -0.1) is 0 Å². The van der Waals surface area contributed by atoms with Crippen LogP contribution in [0.25, 0.3) is 0 Å². The molecule has 2 aromatic carbocycles. The molecule has 1 N–H and O–H groups in total. The molecule has 0 heterocycles. The summed E-state index contributed by atoms with van der Waals surface area (Å²) in [6.07, 6.45) is -0.479. The molecule has 0 saturated carbocycles. The Morgan fingerprint density at radius 2 is 1.95 bits per heavy atom. The van der Waals surface area contributed by atoms with Gasteiger partial charge in [0.1, 0.15) is 0 Å². The van der Waals surface area contributed by atoms with Gasteiger partial charge in [0.15, 0.2) is 0 Å². The van der Waals surface area contributed by atoms with Crippen LogP contribution in [0.3, 0.4) is 0 Å². The second kappa shape index (κ2) is 6.61. The van der Waals surface area contributed by atoms with Crippen molar-refractivity contribution in [3.8, 4) is 0 Å². The number of hydrogen-bond donors (Lipinski definition) is 1. The van der Waals surface area contributed by atoms with E-state index in [9.17, 15) is 5.11 Å². The number of halogens is 2. The largest absolute Gasteiger partial charge is 0.389 e. The van der Waals surface area contributed by atoms with Crippen LogP contribution < -0.4 is 4.90 Å². The summed E-state index contributed by atoms with van der Waals surface area (Å²) in [5.74, 6) is 0. The molecule has 0 aliphatic carbocycles. The van der Waals surface area contributed by atoms with E-state index in [1.54, 1.807) is 6.92 Å². The molecule has 4 heteroatoms. The van der Waals surface area contributed by atoms with Crippen molar-refractivity contribution in [2.75, 3.05) is 11.9 Å². The number of aliphatic hydroxyl groups excluding tert-OH is 1. The molecule has 0 radical (unpaired) electrons. The molecule has 0 unspecified atom stereocenters. The summed E-state index contributed by atoms with van der Waals surface area (Å²) in [6, 6.07) is 13.8. The smallest absolute Gasteiger partial charge is 0.0772 e. The number of rotatable bonds is 4. The lowest BCUT2D eigenvalue weighted by molar-refractivity contribution is 0.198. The number of aliphatic hydroxyl groups is 1. The average Bonchev–Trinajstić information content (AvgIpc) is 2.40. The minimum absolute atomic E-state index is 0.479. The number of hydrogen-bond acceptors (Lipinski definition) is 2. The van der Waals surface area contributed by atoms with Crippen molar-refractivity contribution in [2.24, 2.45) is 0 Å².